The Labute approximate surface area is 102 Å². The molecule has 2 rings (SSSR count). The SMILES string of the molecule is CC(C)N(C)Cc1ncc(-c2ccccc2)o1. The van der Waals surface area contributed by atoms with Crippen LogP contribution in [-0.2, 0) is 6.54 Å². The lowest BCUT2D eigenvalue weighted by Gasteiger charge is -2.18. The third-order valence-electron chi connectivity index (χ3n) is 2.88. The van der Waals surface area contributed by atoms with Crippen LogP contribution in [0.5, 0.6) is 0 Å². The van der Waals surface area contributed by atoms with Crippen LogP contribution in [0, 0.1) is 0 Å². The Morgan fingerprint density at radius 2 is 1.94 bits per heavy atom. The standard InChI is InChI=1S/C14H18N2O/c1-11(2)16(3)10-14-15-9-13(17-14)12-7-5-4-6-8-12/h4-9,11H,10H2,1-3H3. The highest BCUT2D eigenvalue weighted by Crippen LogP contribution is 2.20. The largest absolute Gasteiger partial charge is 0.439 e. The second-order valence-electron chi connectivity index (χ2n) is 4.49. The van der Waals surface area contributed by atoms with Crippen molar-refractivity contribution in [2.75, 3.05) is 7.05 Å². The van der Waals surface area contributed by atoms with Crippen LogP contribution in [-0.4, -0.2) is 23.0 Å². The van der Waals surface area contributed by atoms with Crippen molar-refractivity contribution in [1.82, 2.24) is 9.88 Å². The van der Waals surface area contributed by atoms with Crippen LogP contribution in [0.1, 0.15) is 19.7 Å². The van der Waals surface area contributed by atoms with Gasteiger partial charge in [0.15, 0.2) is 5.76 Å². The minimum atomic E-state index is 0.488. The van der Waals surface area contributed by atoms with E-state index in [-0.39, 0.29) is 0 Å². The predicted molar refractivity (Wildman–Crippen MR) is 68.5 cm³/mol. The maximum atomic E-state index is 5.74. The molecule has 1 aromatic carbocycles. The van der Waals surface area contributed by atoms with Crippen LogP contribution in [0.2, 0.25) is 0 Å². The van der Waals surface area contributed by atoms with E-state index < -0.39 is 0 Å². The van der Waals surface area contributed by atoms with Gasteiger partial charge in [-0.1, -0.05) is 30.3 Å². The van der Waals surface area contributed by atoms with Gasteiger partial charge < -0.3 is 4.42 Å². The number of hydrogen-bond acceptors (Lipinski definition) is 3. The molecule has 0 saturated heterocycles. The van der Waals surface area contributed by atoms with Crippen LogP contribution in [0.25, 0.3) is 11.3 Å². The summed E-state index contributed by atoms with van der Waals surface area (Å²) in [5, 5.41) is 0. The van der Waals surface area contributed by atoms with Crippen molar-refractivity contribution in [2.45, 2.75) is 26.4 Å². The third kappa shape index (κ3) is 2.94. The molecule has 0 fully saturated rings. The molecular formula is C14H18N2O. The lowest BCUT2D eigenvalue weighted by Crippen LogP contribution is -2.25. The summed E-state index contributed by atoms with van der Waals surface area (Å²) in [5.41, 5.74) is 1.07. The molecule has 0 aliphatic rings. The molecule has 2 aromatic rings. The fourth-order valence-corrected chi connectivity index (χ4v) is 1.52. The van der Waals surface area contributed by atoms with Crippen LogP contribution < -0.4 is 0 Å². The number of oxazole rings is 1. The number of aromatic nitrogens is 1. The van der Waals surface area contributed by atoms with Crippen molar-refractivity contribution in [3.05, 3.63) is 42.4 Å². The van der Waals surface area contributed by atoms with Gasteiger partial charge in [-0.3, -0.25) is 4.90 Å². The molecule has 90 valence electrons. The monoisotopic (exact) mass is 230 g/mol. The highest BCUT2D eigenvalue weighted by molar-refractivity contribution is 5.55. The van der Waals surface area contributed by atoms with E-state index in [4.69, 9.17) is 4.42 Å². The van der Waals surface area contributed by atoms with E-state index in [1.807, 2.05) is 30.3 Å². The lowest BCUT2D eigenvalue weighted by atomic mass is 10.2. The molecule has 0 saturated carbocycles. The van der Waals surface area contributed by atoms with E-state index in [1.54, 1.807) is 6.20 Å². The van der Waals surface area contributed by atoms with Gasteiger partial charge in [0, 0.05) is 11.6 Å². The van der Waals surface area contributed by atoms with Gasteiger partial charge in [-0.2, -0.15) is 0 Å². The summed E-state index contributed by atoms with van der Waals surface area (Å²) in [6.45, 7) is 5.05. The molecule has 17 heavy (non-hydrogen) atoms. The molecule has 0 amide bonds. The normalized spacial score (nSPS) is 11.4. The van der Waals surface area contributed by atoms with E-state index in [0.29, 0.717) is 6.04 Å². The zero-order valence-corrected chi connectivity index (χ0v) is 10.6. The summed E-state index contributed by atoms with van der Waals surface area (Å²) < 4.78 is 5.74. The van der Waals surface area contributed by atoms with Crippen LogP contribution in [0.4, 0.5) is 0 Å². The zero-order valence-electron chi connectivity index (χ0n) is 10.6. The topological polar surface area (TPSA) is 29.3 Å². The van der Waals surface area contributed by atoms with Crippen LogP contribution >= 0.6 is 0 Å². The molecule has 1 aromatic heterocycles. The average molecular weight is 230 g/mol. The van der Waals surface area contributed by atoms with Crippen molar-refractivity contribution in [3.8, 4) is 11.3 Å². The summed E-state index contributed by atoms with van der Waals surface area (Å²) in [5.74, 6) is 1.60. The second kappa shape index (κ2) is 5.15. The molecule has 3 nitrogen and oxygen atoms in total. The van der Waals surface area contributed by atoms with Crippen molar-refractivity contribution >= 4 is 0 Å². The second-order valence-corrected chi connectivity index (χ2v) is 4.49. The Bertz CT molecular complexity index is 462. The fraction of sp³-hybridized carbons (Fsp3) is 0.357. The molecule has 3 heteroatoms. The van der Waals surface area contributed by atoms with Gasteiger partial charge in [0.25, 0.3) is 0 Å². The Morgan fingerprint density at radius 3 is 2.59 bits per heavy atom. The van der Waals surface area contributed by atoms with Gasteiger partial charge in [-0.05, 0) is 20.9 Å². The third-order valence-corrected chi connectivity index (χ3v) is 2.88. The Kier molecular flexibility index (Phi) is 3.59. The van der Waals surface area contributed by atoms with Crippen molar-refractivity contribution in [3.63, 3.8) is 0 Å². The van der Waals surface area contributed by atoms with Gasteiger partial charge in [-0.25, -0.2) is 4.98 Å². The number of rotatable bonds is 4. The summed E-state index contributed by atoms with van der Waals surface area (Å²) in [7, 11) is 2.07. The van der Waals surface area contributed by atoms with Crippen LogP contribution in [0.15, 0.2) is 40.9 Å². The van der Waals surface area contributed by atoms with Crippen molar-refractivity contribution < 1.29 is 4.42 Å². The molecule has 0 spiro atoms. The molecule has 0 aliphatic heterocycles. The van der Waals surface area contributed by atoms with Gasteiger partial charge in [0.2, 0.25) is 5.89 Å². The Balaban J connectivity index is 2.12. The minimum absolute atomic E-state index is 0.488. The molecular weight excluding hydrogens is 212 g/mol. The summed E-state index contributed by atoms with van der Waals surface area (Å²) in [6.07, 6.45) is 1.79. The summed E-state index contributed by atoms with van der Waals surface area (Å²) in [6, 6.07) is 10.5. The molecule has 0 aliphatic carbocycles. The van der Waals surface area contributed by atoms with E-state index >= 15 is 0 Å². The van der Waals surface area contributed by atoms with Gasteiger partial charge in [0.1, 0.15) is 0 Å². The van der Waals surface area contributed by atoms with Gasteiger partial charge in [-0.15, -0.1) is 0 Å². The quantitative estimate of drug-likeness (QED) is 0.807. The number of nitrogens with zero attached hydrogens (tertiary/aromatic N) is 2. The first-order valence-electron chi connectivity index (χ1n) is 5.87. The number of benzene rings is 1. The maximum Gasteiger partial charge on any atom is 0.209 e. The van der Waals surface area contributed by atoms with Gasteiger partial charge in [0.05, 0.1) is 12.7 Å². The van der Waals surface area contributed by atoms with Crippen molar-refractivity contribution in [1.29, 1.82) is 0 Å². The lowest BCUT2D eigenvalue weighted by molar-refractivity contribution is 0.240. The van der Waals surface area contributed by atoms with E-state index in [1.165, 1.54) is 0 Å². The molecule has 0 bridgehead atoms. The summed E-state index contributed by atoms with van der Waals surface area (Å²) >= 11 is 0. The summed E-state index contributed by atoms with van der Waals surface area (Å²) in [4.78, 5) is 6.50. The predicted octanol–water partition coefficient (Wildman–Crippen LogP) is 3.18. The van der Waals surface area contributed by atoms with E-state index in [2.05, 4.69) is 30.8 Å². The molecule has 0 N–H and O–H groups in total. The first-order valence-corrected chi connectivity index (χ1v) is 5.87. The van der Waals surface area contributed by atoms with E-state index in [9.17, 15) is 0 Å². The maximum absolute atomic E-state index is 5.74. The molecule has 0 atom stereocenters. The molecule has 1 heterocycles. The smallest absolute Gasteiger partial charge is 0.209 e. The Morgan fingerprint density at radius 1 is 1.24 bits per heavy atom. The zero-order chi connectivity index (χ0) is 12.3. The first-order chi connectivity index (χ1) is 8.16. The molecule has 0 radical (unpaired) electrons. The fourth-order valence-electron chi connectivity index (χ4n) is 1.52. The van der Waals surface area contributed by atoms with Crippen molar-refractivity contribution in [2.24, 2.45) is 0 Å². The number of hydrogen-bond donors (Lipinski definition) is 0. The molecule has 0 unspecified atom stereocenters. The highest BCUT2D eigenvalue weighted by atomic mass is 16.4. The van der Waals surface area contributed by atoms with E-state index in [0.717, 1.165) is 23.8 Å². The Hall–Kier alpha value is -1.61. The van der Waals surface area contributed by atoms with Crippen LogP contribution in [0.3, 0.4) is 0 Å². The average Bonchev–Trinajstić information content (AvgIpc) is 2.78. The minimum Gasteiger partial charge on any atom is -0.439 e. The highest BCUT2D eigenvalue weighted by Gasteiger charge is 2.10. The van der Waals surface area contributed by atoms with Gasteiger partial charge >= 0.3 is 0 Å². The first kappa shape index (κ1) is 11.9.